The number of benzene rings is 2. The first-order valence-corrected chi connectivity index (χ1v) is 12.0. The maximum absolute atomic E-state index is 14.4. The van der Waals surface area contributed by atoms with Gasteiger partial charge in [-0.2, -0.15) is 5.10 Å². The third-order valence-corrected chi connectivity index (χ3v) is 6.75. The van der Waals surface area contributed by atoms with Gasteiger partial charge < -0.3 is 20.4 Å². The first-order chi connectivity index (χ1) is 17.6. The number of aromatic amines is 2. The summed E-state index contributed by atoms with van der Waals surface area (Å²) in [5.41, 5.74) is 8.96. The predicted molar refractivity (Wildman–Crippen MR) is 140 cm³/mol. The summed E-state index contributed by atoms with van der Waals surface area (Å²) in [6, 6.07) is 8.61. The molecule has 0 spiro atoms. The molecule has 0 bridgehead atoms. The third-order valence-electron chi connectivity index (χ3n) is 6.75. The molecule has 0 saturated carbocycles. The first kappa shape index (κ1) is 23.0. The molecular formula is C27H25FN6O3. The van der Waals surface area contributed by atoms with Crippen molar-refractivity contribution in [1.29, 1.82) is 0 Å². The molecule has 4 heterocycles. The Balaban J connectivity index is 1.55. The maximum atomic E-state index is 14.4. The monoisotopic (exact) mass is 500 g/mol. The van der Waals surface area contributed by atoms with Crippen molar-refractivity contribution in [2.75, 3.05) is 18.8 Å². The van der Waals surface area contributed by atoms with Gasteiger partial charge in [0.05, 0.1) is 17.2 Å². The van der Waals surface area contributed by atoms with Gasteiger partial charge >= 0.3 is 6.09 Å². The molecule has 9 nitrogen and oxygen atoms in total. The van der Waals surface area contributed by atoms with Crippen LogP contribution in [0.25, 0.3) is 43.8 Å². The summed E-state index contributed by atoms with van der Waals surface area (Å²) < 4.78 is 19.9. The zero-order valence-electron chi connectivity index (χ0n) is 20.6. The molecule has 4 N–H and O–H groups in total. The van der Waals surface area contributed by atoms with Crippen LogP contribution in [0.3, 0.4) is 0 Å². The molecule has 188 valence electrons. The highest BCUT2D eigenvalue weighted by Gasteiger charge is 2.36. The van der Waals surface area contributed by atoms with Crippen molar-refractivity contribution >= 4 is 44.5 Å². The second-order valence-corrected chi connectivity index (χ2v) is 10.4. The van der Waals surface area contributed by atoms with Gasteiger partial charge in [-0.15, -0.1) is 0 Å². The lowest BCUT2D eigenvalue weighted by atomic mass is 9.86. The number of nitrogens with zero attached hydrogens (tertiary/aromatic N) is 3. The molecule has 0 radical (unpaired) electrons. The van der Waals surface area contributed by atoms with Crippen molar-refractivity contribution in [2.45, 2.75) is 32.3 Å². The molecule has 0 aliphatic carbocycles. The Morgan fingerprint density at radius 2 is 1.95 bits per heavy atom. The highest BCUT2D eigenvalue weighted by Crippen LogP contribution is 2.41. The van der Waals surface area contributed by atoms with E-state index in [2.05, 4.69) is 20.2 Å². The van der Waals surface area contributed by atoms with Crippen molar-refractivity contribution in [2.24, 2.45) is 0 Å². The minimum Gasteiger partial charge on any atom is -0.444 e. The quantitative estimate of drug-likeness (QED) is 0.302. The molecule has 2 aromatic carbocycles. The topological polar surface area (TPSA) is 130 Å². The zero-order valence-corrected chi connectivity index (χ0v) is 20.6. The molecule has 1 aliphatic heterocycles. The van der Waals surface area contributed by atoms with Gasteiger partial charge in [-0.3, -0.25) is 14.9 Å². The Hall–Kier alpha value is -4.47. The molecular weight excluding hydrogens is 475 g/mol. The van der Waals surface area contributed by atoms with E-state index in [9.17, 15) is 14.0 Å². The van der Waals surface area contributed by atoms with Crippen LogP contribution in [-0.4, -0.2) is 49.8 Å². The molecule has 0 atom stereocenters. The van der Waals surface area contributed by atoms with Crippen molar-refractivity contribution in [3.63, 3.8) is 0 Å². The second-order valence-electron chi connectivity index (χ2n) is 10.4. The Labute approximate surface area is 210 Å². The Kier molecular flexibility index (Phi) is 4.98. The number of hydrogen-bond donors (Lipinski definition) is 3. The number of ether oxygens (including phenoxy) is 1. The van der Waals surface area contributed by atoms with Crippen LogP contribution in [0.2, 0.25) is 0 Å². The number of nitrogens with one attached hydrogen (secondary N) is 2. The largest absolute Gasteiger partial charge is 0.444 e. The summed E-state index contributed by atoms with van der Waals surface area (Å²) >= 11 is 0. The van der Waals surface area contributed by atoms with Crippen LogP contribution >= 0.6 is 0 Å². The molecule has 6 rings (SSSR count). The number of H-pyrrole nitrogens is 2. The van der Waals surface area contributed by atoms with Crippen LogP contribution in [0.15, 0.2) is 47.5 Å². The van der Waals surface area contributed by atoms with Crippen LogP contribution < -0.4 is 11.3 Å². The Morgan fingerprint density at radius 1 is 1.16 bits per heavy atom. The minimum absolute atomic E-state index is 0.0116. The lowest BCUT2D eigenvalue weighted by molar-refractivity contribution is 0.00829. The highest BCUT2D eigenvalue weighted by molar-refractivity contribution is 6.15. The van der Waals surface area contributed by atoms with Crippen LogP contribution in [0.5, 0.6) is 0 Å². The summed E-state index contributed by atoms with van der Waals surface area (Å²) in [7, 11) is 0. The van der Waals surface area contributed by atoms with E-state index in [4.69, 9.17) is 10.5 Å². The number of likely N-dealkylation sites (tertiary alicyclic amines) is 1. The molecule has 10 heteroatoms. The predicted octanol–water partition coefficient (Wildman–Crippen LogP) is 4.68. The van der Waals surface area contributed by atoms with Crippen LogP contribution in [0, 0.1) is 5.82 Å². The summed E-state index contributed by atoms with van der Waals surface area (Å²) in [6.07, 6.45) is 2.87. The van der Waals surface area contributed by atoms with E-state index in [1.807, 2.05) is 32.9 Å². The molecule has 1 saturated heterocycles. The van der Waals surface area contributed by atoms with Crippen LogP contribution in [0.4, 0.5) is 14.9 Å². The summed E-state index contributed by atoms with van der Waals surface area (Å²) in [4.78, 5) is 34.7. The summed E-state index contributed by atoms with van der Waals surface area (Å²) in [5, 5.41) is 8.66. The van der Waals surface area contributed by atoms with E-state index in [1.54, 1.807) is 23.2 Å². The number of anilines is 1. The van der Waals surface area contributed by atoms with E-state index in [1.165, 1.54) is 12.3 Å². The third kappa shape index (κ3) is 3.67. The molecule has 1 amide bonds. The molecule has 3 aromatic heterocycles. The standard InChI is InChI=1S/C27H25FN6O3/c1-27(2,3)37-26(36)34-11-13(12-34)16-9-17-20(14-6-7-19(28)24-18(14)10-31-33-24)21(29)25(35)32-23(17)15-5-4-8-30-22(15)16/h4-10,13H,11-12,29H2,1-3H3,(H,31,33)(H,32,35). The number of fused-ring (bicyclic) bond motifs is 4. The zero-order chi connectivity index (χ0) is 26.1. The van der Waals surface area contributed by atoms with Gasteiger partial charge in [0.2, 0.25) is 0 Å². The van der Waals surface area contributed by atoms with Crippen molar-refractivity contribution in [3.05, 3.63) is 64.5 Å². The lowest BCUT2D eigenvalue weighted by Gasteiger charge is -2.40. The van der Waals surface area contributed by atoms with E-state index in [-0.39, 0.29) is 23.2 Å². The highest BCUT2D eigenvalue weighted by atomic mass is 19.1. The summed E-state index contributed by atoms with van der Waals surface area (Å²) in [6.45, 7) is 6.46. The van der Waals surface area contributed by atoms with Gasteiger partial charge in [0.25, 0.3) is 5.56 Å². The van der Waals surface area contributed by atoms with Gasteiger partial charge in [0.15, 0.2) is 0 Å². The van der Waals surface area contributed by atoms with Crippen molar-refractivity contribution < 1.29 is 13.9 Å². The van der Waals surface area contributed by atoms with E-state index < -0.39 is 17.0 Å². The number of amides is 1. The average Bonchev–Trinajstić information content (AvgIpc) is 3.30. The molecule has 37 heavy (non-hydrogen) atoms. The molecule has 1 aliphatic rings. The number of aromatic nitrogens is 4. The van der Waals surface area contributed by atoms with E-state index in [0.717, 1.165) is 16.5 Å². The number of rotatable bonds is 2. The maximum Gasteiger partial charge on any atom is 0.410 e. The van der Waals surface area contributed by atoms with Gasteiger partial charge in [0, 0.05) is 46.9 Å². The van der Waals surface area contributed by atoms with Crippen molar-refractivity contribution in [1.82, 2.24) is 25.1 Å². The number of nitrogen functional groups attached to an aromatic ring is 1. The number of nitrogens with two attached hydrogens (primary N) is 1. The van der Waals surface area contributed by atoms with Crippen LogP contribution in [0.1, 0.15) is 32.3 Å². The second kappa shape index (κ2) is 8.02. The number of carbonyl (C=O) groups excluding carboxylic acids is 1. The SMILES string of the molecule is CC(C)(C)OC(=O)N1CC(c2cc3c(-c4ccc(F)c5[nH]ncc45)c(N)c(=O)[nH]c3c3cccnc23)C1. The summed E-state index contributed by atoms with van der Waals surface area (Å²) in [5.74, 6) is -0.437. The number of hydrogen-bond acceptors (Lipinski definition) is 6. The Morgan fingerprint density at radius 3 is 2.70 bits per heavy atom. The van der Waals surface area contributed by atoms with E-state index >= 15 is 0 Å². The normalized spacial score (nSPS) is 14.4. The van der Waals surface area contributed by atoms with Gasteiger partial charge in [-0.25, -0.2) is 9.18 Å². The van der Waals surface area contributed by atoms with Gasteiger partial charge in [-0.05, 0) is 56.2 Å². The minimum atomic E-state index is -0.578. The fourth-order valence-corrected chi connectivity index (χ4v) is 5.02. The van der Waals surface area contributed by atoms with Gasteiger partial charge in [0.1, 0.15) is 22.6 Å². The van der Waals surface area contributed by atoms with E-state index in [0.29, 0.717) is 40.5 Å². The molecule has 5 aromatic rings. The number of carbonyl (C=O) groups is 1. The number of halogens is 1. The first-order valence-electron chi connectivity index (χ1n) is 12.0. The fraction of sp³-hybridized carbons (Fsp3) is 0.259. The van der Waals surface area contributed by atoms with Crippen LogP contribution in [-0.2, 0) is 4.74 Å². The average molecular weight is 501 g/mol. The lowest BCUT2D eigenvalue weighted by Crippen LogP contribution is -2.50. The fourth-order valence-electron chi connectivity index (χ4n) is 5.02. The molecule has 0 unspecified atom stereocenters. The molecule has 1 fully saturated rings. The smallest absolute Gasteiger partial charge is 0.410 e. The number of pyridine rings is 2. The van der Waals surface area contributed by atoms with Crippen molar-refractivity contribution in [3.8, 4) is 11.1 Å². The van der Waals surface area contributed by atoms with Gasteiger partial charge in [-0.1, -0.05) is 6.07 Å². The Bertz CT molecular complexity index is 1780.